The predicted molar refractivity (Wildman–Crippen MR) is 127 cm³/mol. The lowest BCUT2D eigenvalue weighted by molar-refractivity contribution is 0.0352. The first-order valence-electron chi connectivity index (χ1n) is 12.2. The van der Waals surface area contributed by atoms with Gasteiger partial charge in [-0.05, 0) is 58.1 Å². The number of nitrogens with zero attached hydrogens (tertiary/aromatic N) is 2. The maximum Gasteiger partial charge on any atom is 0.191 e. The van der Waals surface area contributed by atoms with Gasteiger partial charge in [0.15, 0.2) is 5.96 Å². The normalized spacial score (nSPS) is 29.9. The maximum absolute atomic E-state index is 5.70. The number of nitrogens with one attached hydrogen (secondary N) is 3. The van der Waals surface area contributed by atoms with Gasteiger partial charge in [-0.2, -0.15) is 0 Å². The molecule has 3 aliphatic rings. The van der Waals surface area contributed by atoms with Crippen molar-refractivity contribution in [2.75, 3.05) is 33.9 Å². The number of ether oxygens (including phenoxy) is 1. The fraction of sp³-hybridized carbons (Fsp3) is 0.720. The molecule has 172 valence electrons. The van der Waals surface area contributed by atoms with Gasteiger partial charge in [0.1, 0.15) is 0 Å². The summed E-state index contributed by atoms with van der Waals surface area (Å²) in [7, 11) is 4.20. The van der Waals surface area contributed by atoms with Gasteiger partial charge in [-0.3, -0.25) is 4.99 Å². The van der Waals surface area contributed by atoms with Crippen molar-refractivity contribution in [1.82, 2.24) is 20.9 Å². The van der Waals surface area contributed by atoms with Gasteiger partial charge in [-0.25, -0.2) is 0 Å². The van der Waals surface area contributed by atoms with Gasteiger partial charge in [0.2, 0.25) is 0 Å². The van der Waals surface area contributed by atoms with E-state index in [1.807, 2.05) is 7.05 Å². The van der Waals surface area contributed by atoms with Gasteiger partial charge < -0.3 is 25.6 Å². The minimum Gasteiger partial charge on any atom is -0.381 e. The summed E-state index contributed by atoms with van der Waals surface area (Å²) in [6, 6.07) is 13.0. The van der Waals surface area contributed by atoms with Crippen molar-refractivity contribution < 1.29 is 4.74 Å². The molecule has 3 heterocycles. The molecule has 0 radical (unpaired) electrons. The van der Waals surface area contributed by atoms with Crippen LogP contribution in [0.4, 0.5) is 0 Å². The van der Waals surface area contributed by atoms with E-state index in [2.05, 4.69) is 70.1 Å². The summed E-state index contributed by atoms with van der Waals surface area (Å²) in [4.78, 5) is 7.18. The van der Waals surface area contributed by atoms with Gasteiger partial charge >= 0.3 is 0 Å². The first-order valence-corrected chi connectivity index (χ1v) is 12.2. The van der Waals surface area contributed by atoms with Crippen LogP contribution in [0.3, 0.4) is 0 Å². The van der Waals surface area contributed by atoms with Crippen molar-refractivity contribution in [3.05, 3.63) is 35.9 Å². The average Bonchev–Trinajstić information content (AvgIpc) is 2.78. The zero-order valence-corrected chi connectivity index (χ0v) is 19.6. The van der Waals surface area contributed by atoms with Gasteiger partial charge in [0.25, 0.3) is 0 Å². The molecular formula is C25H41N5O. The van der Waals surface area contributed by atoms with Crippen molar-refractivity contribution >= 4 is 5.96 Å². The van der Waals surface area contributed by atoms with E-state index in [9.17, 15) is 0 Å². The highest BCUT2D eigenvalue weighted by Crippen LogP contribution is 2.32. The van der Waals surface area contributed by atoms with Crippen LogP contribution in [0, 0.1) is 0 Å². The quantitative estimate of drug-likeness (QED) is 0.481. The molecule has 0 saturated carbocycles. The van der Waals surface area contributed by atoms with Crippen LogP contribution in [-0.4, -0.2) is 68.4 Å². The Kier molecular flexibility index (Phi) is 7.51. The van der Waals surface area contributed by atoms with Crippen molar-refractivity contribution in [2.45, 2.75) is 81.6 Å². The number of aliphatic imine (C=N–C) groups is 1. The molecule has 4 rings (SSSR count). The Bertz CT molecular complexity index is 704. The second-order valence-corrected chi connectivity index (χ2v) is 9.81. The van der Waals surface area contributed by atoms with Crippen molar-refractivity contribution in [3.8, 4) is 0 Å². The van der Waals surface area contributed by atoms with E-state index in [1.54, 1.807) is 0 Å². The fourth-order valence-corrected chi connectivity index (χ4v) is 5.79. The number of piperidine rings is 2. The van der Waals surface area contributed by atoms with Crippen LogP contribution in [0.5, 0.6) is 0 Å². The van der Waals surface area contributed by atoms with E-state index in [1.165, 1.54) is 37.7 Å². The summed E-state index contributed by atoms with van der Waals surface area (Å²) >= 11 is 0. The van der Waals surface area contributed by atoms with Crippen molar-refractivity contribution in [3.63, 3.8) is 0 Å². The van der Waals surface area contributed by atoms with Crippen LogP contribution in [-0.2, 0) is 4.74 Å². The number of hydrogen-bond donors (Lipinski definition) is 3. The molecule has 6 heteroatoms. The summed E-state index contributed by atoms with van der Waals surface area (Å²) in [6.45, 7) is 4.73. The van der Waals surface area contributed by atoms with E-state index < -0.39 is 0 Å². The Morgan fingerprint density at radius 3 is 2.48 bits per heavy atom. The fourth-order valence-electron chi connectivity index (χ4n) is 5.79. The van der Waals surface area contributed by atoms with Gasteiger partial charge in [0, 0.05) is 56.5 Å². The smallest absolute Gasteiger partial charge is 0.191 e. The third-order valence-corrected chi connectivity index (χ3v) is 7.77. The topological polar surface area (TPSA) is 60.9 Å². The second kappa shape index (κ2) is 10.3. The van der Waals surface area contributed by atoms with Crippen LogP contribution in [0.25, 0.3) is 0 Å². The number of benzene rings is 1. The van der Waals surface area contributed by atoms with Crippen molar-refractivity contribution in [1.29, 1.82) is 0 Å². The summed E-state index contributed by atoms with van der Waals surface area (Å²) in [5.74, 6) is 0.938. The lowest BCUT2D eigenvalue weighted by atomic mass is 9.82. The second-order valence-electron chi connectivity index (χ2n) is 9.81. The van der Waals surface area contributed by atoms with Crippen LogP contribution >= 0.6 is 0 Å². The van der Waals surface area contributed by atoms with Crippen LogP contribution in [0.1, 0.15) is 63.5 Å². The minimum atomic E-state index is 0.00835. The maximum atomic E-state index is 5.70. The first-order chi connectivity index (χ1) is 15.1. The zero-order chi connectivity index (χ0) is 21.7. The standard InChI is InChI=1S/C25H41N5O/c1-19(20-8-5-4-6-9-20)29-25(12-14-31-15-13-25)18-27-24(26-2)28-21-16-22-10-7-11-23(17-21)30(22)3/h4-6,8-9,19,21-23,29H,7,10-18H2,1-3H3,(H2,26,27,28). The Hall–Kier alpha value is -1.63. The first kappa shape index (κ1) is 22.6. The molecule has 2 bridgehead atoms. The zero-order valence-electron chi connectivity index (χ0n) is 19.6. The summed E-state index contributed by atoms with van der Waals surface area (Å²) in [6.07, 6.45) is 8.50. The van der Waals surface area contributed by atoms with E-state index in [0.29, 0.717) is 12.1 Å². The average molecular weight is 428 g/mol. The molecule has 0 aliphatic carbocycles. The van der Waals surface area contributed by atoms with E-state index in [4.69, 9.17) is 4.74 Å². The molecule has 1 aromatic carbocycles. The highest BCUT2D eigenvalue weighted by molar-refractivity contribution is 5.80. The number of hydrogen-bond acceptors (Lipinski definition) is 4. The predicted octanol–water partition coefficient (Wildman–Crippen LogP) is 3.07. The highest BCUT2D eigenvalue weighted by atomic mass is 16.5. The monoisotopic (exact) mass is 427 g/mol. The Morgan fingerprint density at radius 1 is 1.16 bits per heavy atom. The molecule has 31 heavy (non-hydrogen) atoms. The lowest BCUT2D eigenvalue weighted by Crippen LogP contribution is -2.60. The van der Waals surface area contributed by atoms with Crippen LogP contribution < -0.4 is 16.0 Å². The van der Waals surface area contributed by atoms with E-state index in [0.717, 1.165) is 50.6 Å². The summed E-state index contributed by atoms with van der Waals surface area (Å²) < 4.78 is 5.70. The Balaban J connectivity index is 1.36. The van der Waals surface area contributed by atoms with Crippen LogP contribution in [0.2, 0.25) is 0 Å². The largest absolute Gasteiger partial charge is 0.381 e. The number of rotatable bonds is 6. The van der Waals surface area contributed by atoms with Gasteiger partial charge in [-0.15, -0.1) is 0 Å². The molecule has 0 aromatic heterocycles. The molecule has 3 fully saturated rings. The molecule has 0 spiro atoms. The highest BCUT2D eigenvalue weighted by Gasteiger charge is 2.37. The summed E-state index contributed by atoms with van der Waals surface area (Å²) in [5.41, 5.74) is 1.34. The van der Waals surface area contributed by atoms with Crippen LogP contribution in [0.15, 0.2) is 35.3 Å². The third kappa shape index (κ3) is 5.60. The molecule has 0 amide bonds. The van der Waals surface area contributed by atoms with E-state index >= 15 is 0 Å². The van der Waals surface area contributed by atoms with Gasteiger partial charge in [-0.1, -0.05) is 36.8 Å². The van der Waals surface area contributed by atoms with Crippen molar-refractivity contribution in [2.24, 2.45) is 4.99 Å². The van der Waals surface area contributed by atoms with Gasteiger partial charge in [0.05, 0.1) is 0 Å². The third-order valence-electron chi connectivity index (χ3n) is 7.77. The Morgan fingerprint density at radius 2 is 1.84 bits per heavy atom. The number of guanidine groups is 1. The van der Waals surface area contributed by atoms with E-state index in [-0.39, 0.29) is 5.54 Å². The molecule has 3 atom stereocenters. The lowest BCUT2D eigenvalue weighted by Gasteiger charge is -2.47. The number of fused-ring (bicyclic) bond motifs is 2. The Labute approximate surface area is 188 Å². The molecule has 3 saturated heterocycles. The molecule has 3 unspecified atom stereocenters. The summed E-state index contributed by atoms with van der Waals surface area (Å²) in [5, 5.41) is 11.4. The molecular weight excluding hydrogens is 386 g/mol. The molecule has 3 aliphatic heterocycles. The molecule has 3 N–H and O–H groups in total. The SMILES string of the molecule is CN=C(NCC1(NC(C)c2ccccc2)CCOCC1)NC1CC2CCCC(C1)N2C. The molecule has 6 nitrogen and oxygen atoms in total. The minimum absolute atomic E-state index is 0.00835. The molecule has 1 aromatic rings.